The standard InChI is InChI=1S/C10H12F2N2O3S/c1-2-6-18(16,17)13-9-5-3-4-8(7-9)10(15)14(11)12/h3-5,7,13H,2,6H2,1H3. The van der Waals surface area contributed by atoms with E-state index < -0.39 is 21.3 Å². The van der Waals surface area contributed by atoms with Crippen LogP contribution in [0.4, 0.5) is 14.6 Å². The van der Waals surface area contributed by atoms with Gasteiger partial charge in [-0.05, 0) is 24.6 Å². The third-order valence-corrected chi connectivity index (χ3v) is 3.50. The van der Waals surface area contributed by atoms with Crippen molar-refractivity contribution in [3.05, 3.63) is 29.8 Å². The van der Waals surface area contributed by atoms with Gasteiger partial charge in [0.15, 0.2) is 0 Å². The van der Waals surface area contributed by atoms with Crippen molar-refractivity contribution in [2.24, 2.45) is 0 Å². The van der Waals surface area contributed by atoms with Gasteiger partial charge in [-0.25, -0.2) is 8.42 Å². The molecule has 0 atom stereocenters. The Labute approximate surface area is 103 Å². The molecular weight excluding hydrogens is 266 g/mol. The van der Waals surface area contributed by atoms with E-state index in [1.165, 1.54) is 18.2 Å². The highest BCUT2D eigenvalue weighted by Gasteiger charge is 2.16. The van der Waals surface area contributed by atoms with Crippen molar-refractivity contribution in [2.45, 2.75) is 13.3 Å². The topological polar surface area (TPSA) is 66.5 Å². The summed E-state index contributed by atoms with van der Waals surface area (Å²) in [6, 6.07) is 4.93. The van der Waals surface area contributed by atoms with E-state index in [9.17, 15) is 22.2 Å². The Morgan fingerprint density at radius 2 is 2.06 bits per heavy atom. The first-order valence-corrected chi connectivity index (χ1v) is 6.77. The van der Waals surface area contributed by atoms with Crippen LogP contribution in [0.3, 0.4) is 0 Å². The average molecular weight is 278 g/mol. The zero-order valence-electron chi connectivity index (χ0n) is 9.56. The van der Waals surface area contributed by atoms with Crippen LogP contribution in [-0.2, 0) is 10.0 Å². The number of rotatable bonds is 5. The molecule has 0 aromatic heterocycles. The second kappa shape index (κ2) is 5.76. The molecule has 1 aromatic carbocycles. The zero-order valence-corrected chi connectivity index (χ0v) is 10.4. The second-order valence-electron chi connectivity index (χ2n) is 3.54. The first kappa shape index (κ1) is 14.4. The summed E-state index contributed by atoms with van der Waals surface area (Å²) in [7, 11) is -3.51. The molecule has 0 saturated carbocycles. The number of nitrogens with one attached hydrogen (secondary N) is 1. The van der Waals surface area contributed by atoms with Gasteiger partial charge in [0, 0.05) is 16.6 Å². The van der Waals surface area contributed by atoms with E-state index in [-0.39, 0.29) is 17.0 Å². The smallest absolute Gasteiger partial charge is 0.284 e. The zero-order chi connectivity index (χ0) is 13.8. The van der Waals surface area contributed by atoms with E-state index in [0.717, 1.165) is 6.07 Å². The SMILES string of the molecule is CCCS(=O)(=O)Nc1cccc(C(=O)N(F)F)c1. The van der Waals surface area contributed by atoms with E-state index in [1.54, 1.807) is 6.92 Å². The lowest BCUT2D eigenvalue weighted by atomic mass is 10.2. The highest BCUT2D eigenvalue weighted by Crippen LogP contribution is 2.15. The third-order valence-electron chi connectivity index (χ3n) is 2.01. The lowest BCUT2D eigenvalue weighted by molar-refractivity contribution is -0.108. The molecule has 0 saturated heterocycles. The predicted molar refractivity (Wildman–Crippen MR) is 62.5 cm³/mol. The monoisotopic (exact) mass is 278 g/mol. The maximum Gasteiger partial charge on any atom is 0.314 e. The number of benzene rings is 1. The van der Waals surface area contributed by atoms with Crippen LogP contribution in [0.25, 0.3) is 0 Å². The van der Waals surface area contributed by atoms with Gasteiger partial charge >= 0.3 is 5.91 Å². The number of nitrogens with zero attached hydrogens (tertiary/aromatic N) is 1. The molecule has 0 fully saturated rings. The Hall–Kier alpha value is -1.70. The molecule has 0 unspecified atom stereocenters. The van der Waals surface area contributed by atoms with Crippen LogP contribution < -0.4 is 4.72 Å². The molecule has 1 rings (SSSR count). The Bertz CT molecular complexity index is 532. The summed E-state index contributed by atoms with van der Waals surface area (Å²) < 4.78 is 49.2. The van der Waals surface area contributed by atoms with Crippen molar-refractivity contribution >= 4 is 21.6 Å². The van der Waals surface area contributed by atoms with Gasteiger partial charge in [0.1, 0.15) is 0 Å². The largest absolute Gasteiger partial charge is 0.314 e. The van der Waals surface area contributed by atoms with Gasteiger partial charge in [-0.15, -0.1) is 0 Å². The third kappa shape index (κ3) is 3.95. The minimum Gasteiger partial charge on any atom is -0.284 e. The van der Waals surface area contributed by atoms with Crippen LogP contribution in [0.1, 0.15) is 23.7 Å². The molecule has 1 N–H and O–H groups in total. The van der Waals surface area contributed by atoms with Crippen LogP contribution in [-0.4, -0.2) is 25.4 Å². The predicted octanol–water partition coefficient (Wildman–Crippen LogP) is 2.05. The van der Waals surface area contributed by atoms with Gasteiger partial charge in [-0.3, -0.25) is 9.52 Å². The molecule has 0 heterocycles. The fraction of sp³-hybridized carbons (Fsp3) is 0.300. The summed E-state index contributed by atoms with van der Waals surface area (Å²) >= 11 is 0. The number of carbonyl (C=O) groups excluding carboxylic acids is 1. The van der Waals surface area contributed by atoms with Gasteiger partial charge in [-0.1, -0.05) is 22.0 Å². The van der Waals surface area contributed by atoms with E-state index in [0.29, 0.717) is 6.42 Å². The summed E-state index contributed by atoms with van der Waals surface area (Å²) in [5.74, 6) is -1.57. The Morgan fingerprint density at radius 3 is 2.61 bits per heavy atom. The van der Waals surface area contributed by atoms with Crippen molar-refractivity contribution < 1.29 is 22.2 Å². The van der Waals surface area contributed by atoms with Crippen LogP contribution in [0, 0.1) is 0 Å². The second-order valence-corrected chi connectivity index (χ2v) is 5.38. The van der Waals surface area contributed by atoms with Gasteiger partial charge in [0.05, 0.1) is 5.75 Å². The normalized spacial score (nSPS) is 11.1. The molecule has 0 radical (unpaired) electrons. The summed E-state index contributed by atoms with van der Waals surface area (Å²) in [6.45, 7) is 1.70. The highest BCUT2D eigenvalue weighted by molar-refractivity contribution is 7.92. The molecule has 5 nitrogen and oxygen atoms in total. The molecule has 18 heavy (non-hydrogen) atoms. The Kier molecular flexibility index (Phi) is 4.60. The molecule has 1 amide bonds. The Morgan fingerprint density at radius 1 is 1.39 bits per heavy atom. The van der Waals surface area contributed by atoms with Gasteiger partial charge in [0.2, 0.25) is 10.0 Å². The molecule has 100 valence electrons. The minimum absolute atomic E-state index is 0.0798. The highest BCUT2D eigenvalue weighted by atomic mass is 32.2. The lowest BCUT2D eigenvalue weighted by Gasteiger charge is -2.08. The quantitative estimate of drug-likeness (QED) is 0.838. The molecule has 0 aliphatic heterocycles. The molecule has 0 bridgehead atoms. The fourth-order valence-electron chi connectivity index (χ4n) is 1.31. The van der Waals surface area contributed by atoms with E-state index >= 15 is 0 Å². The summed E-state index contributed by atoms with van der Waals surface area (Å²) in [5, 5.41) is -1.56. The van der Waals surface area contributed by atoms with Crippen LogP contribution in [0.15, 0.2) is 24.3 Å². The number of anilines is 1. The fourth-order valence-corrected chi connectivity index (χ4v) is 2.44. The number of hydrogen-bond donors (Lipinski definition) is 1. The molecular formula is C10H12F2N2O3S. The van der Waals surface area contributed by atoms with E-state index in [4.69, 9.17) is 0 Å². The molecule has 0 aliphatic carbocycles. The lowest BCUT2D eigenvalue weighted by Crippen LogP contribution is -2.17. The summed E-state index contributed by atoms with van der Waals surface area (Å²) in [6.07, 6.45) is 0.427. The first-order valence-electron chi connectivity index (χ1n) is 5.12. The first-order chi connectivity index (χ1) is 8.35. The molecule has 0 aliphatic rings. The van der Waals surface area contributed by atoms with Gasteiger partial charge in [0.25, 0.3) is 0 Å². The van der Waals surface area contributed by atoms with Crippen molar-refractivity contribution in [1.82, 2.24) is 5.34 Å². The average Bonchev–Trinajstić information content (AvgIpc) is 2.27. The van der Waals surface area contributed by atoms with Crippen molar-refractivity contribution in [1.29, 1.82) is 0 Å². The Balaban J connectivity index is 2.93. The maximum atomic E-state index is 12.0. The van der Waals surface area contributed by atoms with Gasteiger partial charge in [-0.2, -0.15) is 0 Å². The van der Waals surface area contributed by atoms with Crippen molar-refractivity contribution in [2.75, 3.05) is 10.5 Å². The van der Waals surface area contributed by atoms with Crippen molar-refractivity contribution in [3.63, 3.8) is 0 Å². The summed E-state index contributed by atoms with van der Waals surface area (Å²) in [5.41, 5.74) is -0.215. The molecule has 0 spiro atoms. The van der Waals surface area contributed by atoms with Gasteiger partial charge < -0.3 is 0 Å². The minimum atomic E-state index is -3.51. The van der Waals surface area contributed by atoms with Crippen LogP contribution in [0.2, 0.25) is 0 Å². The number of carbonyl (C=O) groups is 1. The van der Waals surface area contributed by atoms with E-state index in [2.05, 4.69) is 4.72 Å². The number of amides is 1. The van der Waals surface area contributed by atoms with Crippen LogP contribution in [0.5, 0.6) is 0 Å². The van der Waals surface area contributed by atoms with E-state index in [1.807, 2.05) is 0 Å². The number of sulfonamides is 1. The molecule has 8 heteroatoms. The maximum absolute atomic E-state index is 12.0. The number of halogens is 2. The van der Waals surface area contributed by atoms with Crippen LogP contribution >= 0.6 is 0 Å². The van der Waals surface area contributed by atoms with Crippen molar-refractivity contribution in [3.8, 4) is 0 Å². The summed E-state index contributed by atoms with van der Waals surface area (Å²) in [4.78, 5) is 11.0. The molecule has 1 aromatic rings. The number of hydrogen-bond acceptors (Lipinski definition) is 3.